The van der Waals surface area contributed by atoms with Crippen molar-refractivity contribution < 1.29 is 16.5 Å². The molecule has 194 valence electrons. The molecule has 0 N–H and O–H groups in total. The maximum Gasteiger partial charge on any atom is 2.00 e. The van der Waals surface area contributed by atoms with E-state index in [1.54, 1.807) is 0 Å². The molecule has 2 aliphatic rings. The summed E-state index contributed by atoms with van der Waals surface area (Å²) in [7, 11) is 0. The van der Waals surface area contributed by atoms with Crippen molar-refractivity contribution >= 4 is 77.2 Å². The van der Waals surface area contributed by atoms with E-state index in [0.29, 0.717) is 0 Å². The summed E-state index contributed by atoms with van der Waals surface area (Å²) in [6, 6.07) is 8.53. The fraction of sp³-hybridized carbons (Fsp3) is 0.333. The molecule has 0 amide bonds. The fourth-order valence-corrected chi connectivity index (χ4v) is 5.54. The molecule has 3 aromatic heterocycles. The molecule has 8 bridgehead atoms. The number of halogens is 2. The molecule has 7 heteroatoms. The monoisotopic (exact) mass is 662 g/mol. The summed E-state index contributed by atoms with van der Waals surface area (Å²) < 4.78 is 0. The molecule has 0 fully saturated rings. The first-order valence-corrected chi connectivity index (χ1v) is 14.7. The molecule has 37 heavy (non-hydrogen) atoms. The van der Waals surface area contributed by atoms with Gasteiger partial charge >= 0.3 is 16.5 Å². The predicted octanol–water partition coefficient (Wildman–Crippen LogP) is 7.96. The molecular weight excluding hydrogens is 635 g/mol. The Morgan fingerprint density at radius 2 is 1.08 bits per heavy atom. The molecule has 0 atom stereocenters. The van der Waals surface area contributed by atoms with Gasteiger partial charge in [0.25, 0.3) is 0 Å². The second-order valence-corrected chi connectivity index (χ2v) is 11.2. The number of allylic oxidation sites excluding steroid dienone is 2. The van der Waals surface area contributed by atoms with Crippen molar-refractivity contribution in [3.63, 3.8) is 0 Å². The van der Waals surface area contributed by atoms with Crippen LogP contribution in [0.2, 0.25) is 0 Å². The van der Waals surface area contributed by atoms with Gasteiger partial charge in [0.05, 0.1) is 22.8 Å². The zero-order chi connectivity index (χ0) is 25.4. The summed E-state index contributed by atoms with van der Waals surface area (Å²) in [6.45, 7) is 8.58. The Morgan fingerprint density at radius 1 is 0.622 bits per heavy atom. The van der Waals surface area contributed by atoms with Gasteiger partial charge in [0.1, 0.15) is 0 Å². The predicted molar refractivity (Wildman–Crippen MR) is 160 cm³/mol. The zero-order valence-electron chi connectivity index (χ0n) is 21.6. The third-order valence-corrected chi connectivity index (χ3v) is 8.17. The SMILES string of the molecule is CC1=Cc2cc3[n-]c(cc4[n-]c(cc5nc(cc1n2)C=C5C)c(C)c4CCCBr)c(CCCBr)c3C.[Ni+2]. The van der Waals surface area contributed by atoms with Crippen LogP contribution in [0.1, 0.15) is 71.7 Å². The second kappa shape index (κ2) is 11.8. The van der Waals surface area contributed by atoms with Gasteiger partial charge < -0.3 is 9.97 Å². The van der Waals surface area contributed by atoms with Crippen LogP contribution in [0.3, 0.4) is 0 Å². The minimum atomic E-state index is 0. The average molecular weight is 665 g/mol. The van der Waals surface area contributed by atoms with Gasteiger partial charge in [-0.1, -0.05) is 72.3 Å². The summed E-state index contributed by atoms with van der Waals surface area (Å²) in [5.41, 5.74) is 15.2. The second-order valence-electron chi connectivity index (χ2n) is 9.63. The molecule has 5 heterocycles. The van der Waals surface area contributed by atoms with Crippen LogP contribution in [0.4, 0.5) is 0 Å². The molecule has 0 saturated heterocycles. The summed E-state index contributed by atoms with van der Waals surface area (Å²) in [5.74, 6) is 0. The van der Waals surface area contributed by atoms with Crippen LogP contribution < -0.4 is 9.97 Å². The van der Waals surface area contributed by atoms with E-state index in [0.717, 1.165) is 92.3 Å². The van der Waals surface area contributed by atoms with Crippen molar-refractivity contribution in [3.05, 3.63) is 69.3 Å². The number of aromatic nitrogens is 4. The Labute approximate surface area is 245 Å². The third kappa shape index (κ3) is 5.74. The van der Waals surface area contributed by atoms with Crippen LogP contribution in [0, 0.1) is 13.8 Å². The smallest absolute Gasteiger partial charge is 0.657 e. The van der Waals surface area contributed by atoms with E-state index in [2.05, 4.69) is 96.0 Å². The van der Waals surface area contributed by atoms with Crippen molar-refractivity contribution in [2.45, 2.75) is 53.4 Å². The van der Waals surface area contributed by atoms with Gasteiger partial charge in [-0.05, 0) is 82.7 Å². The quantitative estimate of drug-likeness (QED) is 0.198. The molecule has 0 aromatic carbocycles. The first-order valence-electron chi connectivity index (χ1n) is 12.5. The zero-order valence-corrected chi connectivity index (χ0v) is 25.7. The van der Waals surface area contributed by atoms with Gasteiger partial charge in [0.2, 0.25) is 0 Å². The Morgan fingerprint density at radius 3 is 1.59 bits per heavy atom. The van der Waals surface area contributed by atoms with Crippen LogP contribution in [0.5, 0.6) is 0 Å². The molecule has 0 saturated carbocycles. The van der Waals surface area contributed by atoms with Crippen molar-refractivity contribution in [1.82, 2.24) is 19.9 Å². The van der Waals surface area contributed by atoms with Crippen LogP contribution >= 0.6 is 31.9 Å². The number of fused-ring (bicyclic) bond motifs is 8. The van der Waals surface area contributed by atoms with Crippen LogP contribution in [-0.4, -0.2) is 20.6 Å². The Kier molecular flexibility index (Phi) is 8.98. The fourth-order valence-electron chi connectivity index (χ4n) is 4.98. The van der Waals surface area contributed by atoms with E-state index in [4.69, 9.17) is 19.9 Å². The van der Waals surface area contributed by atoms with Gasteiger partial charge in [-0.25, -0.2) is 9.97 Å². The summed E-state index contributed by atoms with van der Waals surface area (Å²) in [6.07, 6.45) is 8.34. The van der Waals surface area contributed by atoms with Gasteiger partial charge in [-0.3, -0.25) is 0 Å². The van der Waals surface area contributed by atoms with E-state index >= 15 is 0 Å². The van der Waals surface area contributed by atoms with E-state index in [-0.39, 0.29) is 16.5 Å². The van der Waals surface area contributed by atoms with Gasteiger partial charge in [0.15, 0.2) is 0 Å². The molecule has 0 unspecified atom stereocenters. The maximum absolute atomic E-state index is 5.13. The van der Waals surface area contributed by atoms with Crippen LogP contribution in [0.25, 0.3) is 45.4 Å². The van der Waals surface area contributed by atoms with E-state index in [1.807, 2.05) is 0 Å². The van der Waals surface area contributed by atoms with Crippen molar-refractivity contribution in [2.75, 3.05) is 10.7 Å². The molecular formula is C30H30Br2N4Ni. The van der Waals surface area contributed by atoms with Crippen molar-refractivity contribution in [2.24, 2.45) is 0 Å². The minimum absolute atomic E-state index is 0. The maximum atomic E-state index is 5.13. The Hall–Kier alpha value is -1.95. The minimum Gasteiger partial charge on any atom is -0.657 e. The van der Waals surface area contributed by atoms with Gasteiger partial charge in [-0.2, -0.15) is 0 Å². The molecule has 5 rings (SSSR count). The molecule has 3 aromatic rings. The number of rotatable bonds is 6. The topological polar surface area (TPSA) is 54.0 Å². The summed E-state index contributed by atoms with van der Waals surface area (Å²) in [4.78, 5) is 20.1. The number of hydrogen-bond acceptors (Lipinski definition) is 2. The van der Waals surface area contributed by atoms with E-state index in [1.165, 1.54) is 22.3 Å². The first kappa shape index (κ1) is 28.1. The molecule has 0 radical (unpaired) electrons. The number of alkyl halides is 2. The first-order chi connectivity index (χ1) is 17.4. The van der Waals surface area contributed by atoms with Crippen LogP contribution in [-0.2, 0) is 29.3 Å². The Balaban J connectivity index is 0.00000320. The number of hydrogen-bond donors (Lipinski definition) is 0. The normalized spacial score (nSPS) is 12.8. The number of aryl methyl sites for hydroxylation is 4. The largest absolute Gasteiger partial charge is 2.00 e. The molecule has 0 spiro atoms. The standard InChI is InChI=1S/C30H30Br2N4.Ni/c1-17-11-22-14-27-19(3)23(7-5-9-31)29(35-27)16-30-24(8-6-10-32)20(4)28(36-30)15-26-18(2)12-21(34-26)13-25(17)33-22;/h11-16H,5-10H2,1-4H3;/q-2;+2. The van der Waals surface area contributed by atoms with Crippen molar-refractivity contribution in [1.29, 1.82) is 0 Å². The van der Waals surface area contributed by atoms with E-state index in [9.17, 15) is 0 Å². The molecule has 0 aliphatic carbocycles. The van der Waals surface area contributed by atoms with Crippen LogP contribution in [0.15, 0.2) is 24.3 Å². The number of nitrogens with zero attached hydrogens (tertiary/aromatic N) is 4. The summed E-state index contributed by atoms with van der Waals surface area (Å²) in [5, 5.41) is 1.94. The van der Waals surface area contributed by atoms with E-state index < -0.39 is 0 Å². The third-order valence-electron chi connectivity index (χ3n) is 7.05. The summed E-state index contributed by atoms with van der Waals surface area (Å²) >= 11 is 7.22. The molecule has 2 aliphatic heterocycles. The van der Waals surface area contributed by atoms with Gasteiger partial charge in [-0.15, -0.1) is 22.1 Å². The van der Waals surface area contributed by atoms with Crippen molar-refractivity contribution in [3.8, 4) is 0 Å². The molecule has 4 nitrogen and oxygen atoms in total. The Bertz CT molecular complexity index is 1560. The average Bonchev–Trinajstić information content (AvgIpc) is 3.53. The van der Waals surface area contributed by atoms with Gasteiger partial charge in [0, 0.05) is 10.7 Å².